The molecule has 2 heterocycles. The van der Waals surface area contributed by atoms with E-state index in [0.29, 0.717) is 30.6 Å². The Labute approximate surface area is 283 Å². The Morgan fingerprint density at radius 1 is 1.13 bits per heavy atom. The van der Waals surface area contributed by atoms with Crippen LogP contribution in [0, 0.1) is 11.3 Å². The van der Waals surface area contributed by atoms with E-state index in [1.807, 2.05) is 24.3 Å². The van der Waals surface area contributed by atoms with Gasteiger partial charge in [-0.25, -0.2) is 5.43 Å². The van der Waals surface area contributed by atoms with Crippen LogP contribution in [0.5, 0.6) is 0 Å². The number of hydrogen-bond acceptors (Lipinski definition) is 9. The van der Waals surface area contributed by atoms with Crippen molar-refractivity contribution in [3.8, 4) is 0 Å². The van der Waals surface area contributed by atoms with Crippen LogP contribution in [0.3, 0.4) is 0 Å². The first kappa shape index (κ1) is 37.5. The van der Waals surface area contributed by atoms with Gasteiger partial charge in [-0.05, 0) is 64.2 Å². The first-order valence-electron chi connectivity index (χ1n) is 15.0. The average Bonchev–Trinajstić information content (AvgIpc) is 2.99. The lowest BCUT2D eigenvalue weighted by Crippen LogP contribution is -2.60. The molecule has 1 fully saturated rings. The fraction of sp³-hybridized carbons (Fsp3) is 0.531. The number of nitrogens with zero attached hydrogens (tertiary/aromatic N) is 2. The van der Waals surface area contributed by atoms with Crippen LogP contribution in [-0.2, 0) is 28.7 Å². The normalized spacial score (nSPS) is 17.9. The molecule has 0 spiro atoms. The van der Waals surface area contributed by atoms with Crippen molar-refractivity contribution >= 4 is 75.5 Å². The Morgan fingerprint density at radius 2 is 1.80 bits per heavy atom. The number of pyridine rings is 1. The van der Waals surface area contributed by atoms with E-state index in [0.717, 1.165) is 10.9 Å². The molecule has 0 aliphatic carbocycles. The number of benzene rings is 1. The van der Waals surface area contributed by atoms with Crippen molar-refractivity contribution in [2.45, 2.75) is 82.5 Å². The Bertz CT molecular complexity index is 1460. The molecule has 14 heteroatoms. The van der Waals surface area contributed by atoms with Crippen molar-refractivity contribution in [2.75, 3.05) is 13.2 Å². The van der Waals surface area contributed by atoms with Gasteiger partial charge in [0.15, 0.2) is 6.10 Å². The average molecular weight is 700 g/mol. The predicted molar refractivity (Wildman–Crippen MR) is 177 cm³/mol. The van der Waals surface area contributed by atoms with Crippen molar-refractivity contribution in [3.05, 3.63) is 47.7 Å². The SMILES string of the molecule is CC(C)C(OC(=O)C(C)(C)/C=C/c1ccc2ccc([C@@H](C)O)nc2c1)C(=O)N[C@@H](C)C(=O)N1CCC[C@@H](C(=O)OCC(Cl)(Cl)Cl)N1. The van der Waals surface area contributed by atoms with Crippen LogP contribution in [-0.4, -0.2) is 74.0 Å². The Morgan fingerprint density at radius 3 is 2.43 bits per heavy atom. The summed E-state index contributed by atoms with van der Waals surface area (Å²) in [4.78, 5) is 56.6. The molecule has 0 radical (unpaired) electrons. The Hall–Kier alpha value is -2.96. The van der Waals surface area contributed by atoms with Gasteiger partial charge >= 0.3 is 11.9 Å². The summed E-state index contributed by atoms with van der Waals surface area (Å²) >= 11 is 16.9. The number of carbonyl (C=O) groups is 4. The third-order valence-corrected chi connectivity index (χ3v) is 7.65. The number of hydrogen-bond donors (Lipinski definition) is 3. The summed E-state index contributed by atoms with van der Waals surface area (Å²) in [6, 6.07) is 7.47. The van der Waals surface area contributed by atoms with E-state index in [2.05, 4.69) is 15.7 Å². The van der Waals surface area contributed by atoms with Crippen molar-refractivity contribution in [3.63, 3.8) is 0 Å². The Kier molecular flexibility index (Phi) is 12.8. The quantitative estimate of drug-likeness (QED) is 0.222. The molecule has 1 unspecified atom stereocenters. The van der Waals surface area contributed by atoms with Gasteiger partial charge in [-0.2, -0.15) is 0 Å². The first-order chi connectivity index (χ1) is 21.4. The topological polar surface area (TPSA) is 147 Å². The lowest BCUT2D eigenvalue weighted by molar-refractivity contribution is -0.165. The number of carbonyl (C=O) groups excluding carboxylic acids is 4. The zero-order valence-corrected chi connectivity index (χ0v) is 28.9. The van der Waals surface area contributed by atoms with Crippen LogP contribution in [0.2, 0.25) is 0 Å². The maximum Gasteiger partial charge on any atom is 0.325 e. The molecule has 1 aromatic carbocycles. The molecule has 1 aliphatic heterocycles. The van der Waals surface area contributed by atoms with E-state index >= 15 is 0 Å². The van der Waals surface area contributed by atoms with E-state index in [4.69, 9.17) is 44.3 Å². The van der Waals surface area contributed by atoms with Gasteiger partial charge in [-0.3, -0.25) is 29.2 Å². The Balaban J connectivity index is 1.62. The van der Waals surface area contributed by atoms with Gasteiger partial charge in [0.1, 0.15) is 18.7 Å². The maximum atomic E-state index is 13.3. The minimum absolute atomic E-state index is 0.297. The van der Waals surface area contributed by atoms with Gasteiger partial charge in [-0.1, -0.05) is 79.0 Å². The van der Waals surface area contributed by atoms with Crippen molar-refractivity contribution < 1.29 is 33.8 Å². The van der Waals surface area contributed by atoms with Gasteiger partial charge in [0.05, 0.1) is 22.7 Å². The van der Waals surface area contributed by atoms with E-state index in [1.54, 1.807) is 52.8 Å². The summed E-state index contributed by atoms with van der Waals surface area (Å²) in [5, 5.41) is 14.7. The lowest BCUT2D eigenvalue weighted by Gasteiger charge is -2.34. The fourth-order valence-corrected chi connectivity index (χ4v) is 4.74. The summed E-state index contributed by atoms with van der Waals surface area (Å²) in [6.45, 7) is 9.82. The summed E-state index contributed by atoms with van der Waals surface area (Å²) in [5.74, 6) is -2.82. The number of hydrazine groups is 1. The third kappa shape index (κ3) is 10.5. The molecule has 0 bridgehead atoms. The molecule has 2 amide bonds. The van der Waals surface area contributed by atoms with Gasteiger partial charge in [0, 0.05) is 11.9 Å². The zero-order chi connectivity index (χ0) is 34.4. The van der Waals surface area contributed by atoms with Gasteiger partial charge in [0.2, 0.25) is 3.79 Å². The highest BCUT2D eigenvalue weighted by molar-refractivity contribution is 6.67. The summed E-state index contributed by atoms with van der Waals surface area (Å²) in [5.41, 5.74) is 3.77. The monoisotopic (exact) mass is 698 g/mol. The van der Waals surface area contributed by atoms with E-state index in [-0.39, 0.29) is 0 Å². The summed E-state index contributed by atoms with van der Waals surface area (Å²) in [6.07, 6.45) is 2.50. The molecule has 46 heavy (non-hydrogen) atoms. The second-order valence-corrected chi connectivity index (χ2v) is 14.8. The molecule has 1 aliphatic rings. The molecule has 1 aromatic heterocycles. The van der Waals surface area contributed by atoms with Gasteiger partial charge in [0.25, 0.3) is 11.8 Å². The number of aliphatic hydroxyl groups is 1. The molecule has 11 nitrogen and oxygen atoms in total. The van der Waals surface area contributed by atoms with Crippen LogP contribution < -0.4 is 10.7 Å². The van der Waals surface area contributed by atoms with Gasteiger partial charge < -0.3 is 19.9 Å². The number of halogens is 3. The number of amides is 2. The number of nitrogens with one attached hydrogen (secondary N) is 2. The van der Waals surface area contributed by atoms with Crippen LogP contribution in [0.1, 0.15) is 71.7 Å². The number of ether oxygens (including phenoxy) is 2. The van der Waals surface area contributed by atoms with Crippen molar-refractivity contribution in [2.24, 2.45) is 11.3 Å². The number of alkyl halides is 3. The molecule has 3 rings (SSSR count). The molecule has 1 saturated heterocycles. The minimum atomic E-state index is -1.76. The number of fused-ring (bicyclic) bond motifs is 1. The molecule has 3 N–H and O–H groups in total. The zero-order valence-electron chi connectivity index (χ0n) is 26.7. The number of aromatic nitrogens is 1. The number of rotatable bonds is 11. The fourth-order valence-electron chi connectivity index (χ4n) is 4.58. The number of esters is 2. The smallest absolute Gasteiger partial charge is 0.325 e. The van der Waals surface area contributed by atoms with Crippen LogP contribution in [0.25, 0.3) is 17.0 Å². The van der Waals surface area contributed by atoms with Crippen molar-refractivity contribution in [1.82, 2.24) is 20.7 Å². The molecule has 0 saturated carbocycles. The molecular formula is C32H41Cl3N4O7. The van der Waals surface area contributed by atoms with Crippen LogP contribution >= 0.6 is 34.8 Å². The largest absolute Gasteiger partial charge is 0.460 e. The van der Waals surface area contributed by atoms with E-state index < -0.39 is 69.8 Å². The first-order valence-corrected chi connectivity index (χ1v) is 16.1. The second kappa shape index (κ2) is 15.8. The standard InChI is InChI=1S/C32H41Cl3N4O7/c1-18(2)26(27(41)36-19(3)28(42)39-15-7-8-24(38-39)29(43)45-17-32(33,34)35)46-30(44)31(5,6)14-13-21-9-10-22-11-12-23(20(4)40)37-25(22)16-21/h9-14,16,18-20,24,26,38,40H,7-8,15,17H2,1-6H3,(H,36,41)/b14-13+/t19-,20+,24-,26?/m0/s1. The highest BCUT2D eigenvalue weighted by atomic mass is 35.6. The minimum Gasteiger partial charge on any atom is -0.460 e. The lowest BCUT2D eigenvalue weighted by atomic mass is 9.92. The molecular weight excluding hydrogens is 659 g/mol. The summed E-state index contributed by atoms with van der Waals surface area (Å²) in [7, 11) is 0. The summed E-state index contributed by atoms with van der Waals surface area (Å²) < 4.78 is 8.95. The van der Waals surface area contributed by atoms with Gasteiger partial charge in [-0.15, -0.1) is 0 Å². The number of aliphatic hydroxyl groups excluding tert-OH is 1. The van der Waals surface area contributed by atoms with Crippen molar-refractivity contribution in [1.29, 1.82) is 0 Å². The van der Waals surface area contributed by atoms with E-state index in [1.165, 1.54) is 11.9 Å². The maximum absolute atomic E-state index is 13.3. The molecule has 4 atom stereocenters. The van der Waals surface area contributed by atoms with Crippen LogP contribution in [0.15, 0.2) is 36.4 Å². The predicted octanol–water partition coefficient (Wildman–Crippen LogP) is 4.81. The van der Waals surface area contributed by atoms with E-state index in [9.17, 15) is 24.3 Å². The molecule has 2 aromatic rings. The highest BCUT2D eigenvalue weighted by Crippen LogP contribution is 2.27. The highest BCUT2D eigenvalue weighted by Gasteiger charge is 2.36. The second-order valence-electron chi connectivity index (χ2n) is 12.3. The third-order valence-electron chi connectivity index (χ3n) is 7.33. The molecule has 252 valence electrons. The van der Waals surface area contributed by atoms with Crippen LogP contribution in [0.4, 0.5) is 0 Å².